The van der Waals surface area contributed by atoms with Crippen LogP contribution in [0.5, 0.6) is 0 Å². The number of esters is 1. The number of hydrogen-bond donors (Lipinski definition) is 1. The lowest BCUT2D eigenvalue weighted by atomic mass is 10.0. The molecule has 0 aliphatic heterocycles. The summed E-state index contributed by atoms with van der Waals surface area (Å²) in [5.74, 6) is 0.265. The van der Waals surface area contributed by atoms with Gasteiger partial charge in [-0.1, -0.05) is 6.92 Å². The molecule has 0 aromatic rings. The zero-order valence-electron chi connectivity index (χ0n) is 7.88. The molecular formula is C9H18O3. The Balaban J connectivity index is 3.33. The molecule has 0 spiro atoms. The summed E-state index contributed by atoms with van der Waals surface area (Å²) in [6, 6.07) is 0. The van der Waals surface area contributed by atoms with Crippen LogP contribution in [0.25, 0.3) is 0 Å². The largest absolute Gasteiger partial charge is 0.466 e. The molecule has 0 aromatic carbocycles. The molecule has 0 fully saturated rings. The van der Waals surface area contributed by atoms with E-state index >= 15 is 0 Å². The molecule has 1 N–H and O–H groups in total. The van der Waals surface area contributed by atoms with E-state index < -0.39 is 0 Å². The van der Waals surface area contributed by atoms with E-state index in [1.165, 1.54) is 0 Å². The maximum atomic E-state index is 10.9. The van der Waals surface area contributed by atoms with Gasteiger partial charge in [0.1, 0.15) is 0 Å². The smallest absolute Gasteiger partial charge is 0.305 e. The lowest BCUT2D eigenvalue weighted by Gasteiger charge is -2.07. The fourth-order valence-electron chi connectivity index (χ4n) is 0.962. The van der Waals surface area contributed by atoms with Crippen LogP contribution < -0.4 is 0 Å². The Bertz CT molecular complexity index is 123. The van der Waals surface area contributed by atoms with Crippen LogP contribution >= 0.6 is 0 Å². The predicted molar refractivity (Wildman–Crippen MR) is 46.7 cm³/mol. The second-order valence-corrected chi connectivity index (χ2v) is 2.96. The number of aliphatic hydroxyl groups is 1. The highest BCUT2D eigenvalue weighted by Crippen LogP contribution is 2.09. The topological polar surface area (TPSA) is 46.5 Å². The molecule has 1 unspecified atom stereocenters. The third-order valence-electron chi connectivity index (χ3n) is 1.77. The van der Waals surface area contributed by atoms with Gasteiger partial charge in [0.25, 0.3) is 0 Å². The summed E-state index contributed by atoms with van der Waals surface area (Å²) in [5, 5.41) is 8.59. The van der Waals surface area contributed by atoms with Crippen molar-refractivity contribution in [2.24, 2.45) is 5.92 Å². The Morgan fingerprint density at radius 3 is 2.67 bits per heavy atom. The second-order valence-electron chi connectivity index (χ2n) is 2.96. The lowest BCUT2D eigenvalue weighted by Crippen LogP contribution is -2.07. The lowest BCUT2D eigenvalue weighted by molar-refractivity contribution is -0.143. The number of hydrogen-bond acceptors (Lipinski definition) is 3. The summed E-state index contributed by atoms with van der Waals surface area (Å²) in [7, 11) is 0. The molecule has 0 aliphatic rings. The third kappa shape index (κ3) is 6.16. The molecule has 3 heteroatoms. The van der Waals surface area contributed by atoms with E-state index in [0.29, 0.717) is 18.9 Å². The zero-order valence-corrected chi connectivity index (χ0v) is 7.88. The van der Waals surface area contributed by atoms with Crippen molar-refractivity contribution in [3.63, 3.8) is 0 Å². The average Bonchev–Trinajstić information content (AvgIpc) is 2.02. The molecule has 1 atom stereocenters. The molecule has 12 heavy (non-hydrogen) atoms. The number of carbonyl (C=O) groups is 1. The first kappa shape index (κ1) is 11.4. The molecule has 0 amide bonds. The predicted octanol–water partition coefficient (Wildman–Crippen LogP) is 1.35. The summed E-state index contributed by atoms with van der Waals surface area (Å²) >= 11 is 0. The maximum absolute atomic E-state index is 10.9. The van der Waals surface area contributed by atoms with E-state index in [0.717, 1.165) is 12.8 Å². The summed E-state index contributed by atoms with van der Waals surface area (Å²) in [5.41, 5.74) is 0. The zero-order chi connectivity index (χ0) is 9.40. The fraction of sp³-hybridized carbons (Fsp3) is 0.889. The Morgan fingerprint density at radius 1 is 1.50 bits per heavy atom. The van der Waals surface area contributed by atoms with Crippen LogP contribution in [0.3, 0.4) is 0 Å². The molecule has 3 nitrogen and oxygen atoms in total. The minimum Gasteiger partial charge on any atom is -0.466 e. The monoisotopic (exact) mass is 174 g/mol. The highest BCUT2D eigenvalue weighted by Gasteiger charge is 2.06. The van der Waals surface area contributed by atoms with Crippen molar-refractivity contribution < 1.29 is 14.6 Å². The van der Waals surface area contributed by atoms with E-state index in [1.807, 2.05) is 6.92 Å². The highest BCUT2D eigenvalue weighted by atomic mass is 16.5. The van der Waals surface area contributed by atoms with Crippen molar-refractivity contribution in [3.05, 3.63) is 0 Å². The SMILES string of the molecule is CCOC(=O)CCC(C)CCO. The van der Waals surface area contributed by atoms with Gasteiger partial charge in [0.15, 0.2) is 0 Å². The molecule has 0 saturated carbocycles. The first-order valence-corrected chi connectivity index (χ1v) is 4.47. The van der Waals surface area contributed by atoms with Crippen LogP contribution in [0.2, 0.25) is 0 Å². The Morgan fingerprint density at radius 2 is 2.17 bits per heavy atom. The van der Waals surface area contributed by atoms with E-state index in [1.54, 1.807) is 6.92 Å². The molecule has 0 heterocycles. The summed E-state index contributed by atoms with van der Waals surface area (Å²) in [6.07, 6.45) is 2.04. The van der Waals surface area contributed by atoms with E-state index in [9.17, 15) is 4.79 Å². The van der Waals surface area contributed by atoms with Crippen LogP contribution in [0.4, 0.5) is 0 Å². The van der Waals surface area contributed by atoms with Crippen molar-refractivity contribution in [2.45, 2.75) is 33.1 Å². The first-order chi connectivity index (χ1) is 5.70. The van der Waals surface area contributed by atoms with Gasteiger partial charge in [-0.2, -0.15) is 0 Å². The van der Waals surface area contributed by atoms with Crippen LogP contribution in [0.15, 0.2) is 0 Å². The van der Waals surface area contributed by atoms with Gasteiger partial charge in [-0.25, -0.2) is 0 Å². The molecule has 72 valence electrons. The maximum Gasteiger partial charge on any atom is 0.305 e. The number of rotatable bonds is 6. The Kier molecular flexibility index (Phi) is 6.76. The molecular weight excluding hydrogens is 156 g/mol. The summed E-state index contributed by atoms with van der Waals surface area (Å²) in [6.45, 7) is 4.47. The van der Waals surface area contributed by atoms with Gasteiger partial charge < -0.3 is 9.84 Å². The molecule has 0 saturated heterocycles. The number of aliphatic hydroxyl groups excluding tert-OH is 1. The number of ether oxygens (including phenoxy) is 1. The minimum absolute atomic E-state index is 0.137. The van der Waals surface area contributed by atoms with Crippen LogP contribution in [0.1, 0.15) is 33.1 Å². The molecule has 0 aliphatic carbocycles. The Labute approximate surface area is 73.7 Å². The molecule has 0 rings (SSSR count). The first-order valence-electron chi connectivity index (χ1n) is 4.47. The van der Waals surface area contributed by atoms with Crippen molar-refractivity contribution in [1.29, 1.82) is 0 Å². The van der Waals surface area contributed by atoms with Gasteiger partial charge >= 0.3 is 5.97 Å². The Hall–Kier alpha value is -0.570. The molecule has 0 bridgehead atoms. The third-order valence-corrected chi connectivity index (χ3v) is 1.77. The van der Waals surface area contributed by atoms with E-state index in [2.05, 4.69) is 0 Å². The van der Waals surface area contributed by atoms with E-state index in [4.69, 9.17) is 9.84 Å². The highest BCUT2D eigenvalue weighted by molar-refractivity contribution is 5.69. The van der Waals surface area contributed by atoms with Crippen molar-refractivity contribution >= 4 is 5.97 Å². The van der Waals surface area contributed by atoms with Gasteiger partial charge in [0.05, 0.1) is 6.61 Å². The standard InChI is InChI=1S/C9H18O3/c1-3-12-9(11)5-4-8(2)6-7-10/h8,10H,3-7H2,1-2H3. The van der Waals surface area contributed by atoms with Crippen LogP contribution in [0, 0.1) is 5.92 Å². The molecule has 0 aromatic heterocycles. The van der Waals surface area contributed by atoms with Crippen LogP contribution in [-0.2, 0) is 9.53 Å². The average molecular weight is 174 g/mol. The summed E-state index contributed by atoms with van der Waals surface area (Å²) < 4.78 is 4.77. The van der Waals surface area contributed by atoms with Crippen molar-refractivity contribution in [2.75, 3.05) is 13.2 Å². The van der Waals surface area contributed by atoms with Gasteiger partial charge in [-0.15, -0.1) is 0 Å². The normalized spacial score (nSPS) is 12.6. The summed E-state index contributed by atoms with van der Waals surface area (Å²) in [4.78, 5) is 10.9. The van der Waals surface area contributed by atoms with Crippen molar-refractivity contribution in [3.8, 4) is 0 Å². The van der Waals surface area contributed by atoms with Gasteiger partial charge in [-0.05, 0) is 25.7 Å². The van der Waals surface area contributed by atoms with Gasteiger partial charge in [0.2, 0.25) is 0 Å². The fourth-order valence-corrected chi connectivity index (χ4v) is 0.962. The van der Waals surface area contributed by atoms with Crippen molar-refractivity contribution in [1.82, 2.24) is 0 Å². The van der Waals surface area contributed by atoms with E-state index in [-0.39, 0.29) is 12.6 Å². The van der Waals surface area contributed by atoms with Gasteiger partial charge in [-0.3, -0.25) is 4.79 Å². The quantitative estimate of drug-likeness (QED) is 0.618. The second kappa shape index (κ2) is 7.10. The van der Waals surface area contributed by atoms with Gasteiger partial charge in [0, 0.05) is 13.0 Å². The van der Waals surface area contributed by atoms with Crippen LogP contribution in [-0.4, -0.2) is 24.3 Å². The number of carbonyl (C=O) groups excluding carboxylic acids is 1. The molecule has 0 radical (unpaired) electrons. The minimum atomic E-state index is -0.137.